The SMILES string of the molecule is COC(=O)c1ccc(N2CC(S)CC2=O)c(N)c1. The van der Waals surface area contributed by atoms with Crippen LogP contribution in [0.25, 0.3) is 0 Å². The van der Waals surface area contributed by atoms with Gasteiger partial charge in [-0.1, -0.05) is 0 Å². The van der Waals surface area contributed by atoms with Gasteiger partial charge in [0.1, 0.15) is 0 Å². The second kappa shape index (κ2) is 4.89. The molecule has 2 rings (SSSR count). The second-order valence-electron chi connectivity index (χ2n) is 4.13. The monoisotopic (exact) mass is 266 g/mol. The van der Waals surface area contributed by atoms with Crippen molar-refractivity contribution in [3.8, 4) is 0 Å². The van der Waals surface area contributed by atoms with Crippen molar-refractivity contribution < 1.29 is 14.3 Å². The van der Waals surface area contributed by atoms with E-state index in [2.05, 4.69) is 17.4 Å². The number of hydrogen-bond donors (Lipinski definition) is 2. The number of nitrogens with zero attached hydrogens (tertiary/aromatic N) is 1. The fraction of sp³-hybridized carbons (Fsp3) is 0.333. The molecule has 0 bridgehead atoms. The molecule has 0 aromatic heterocycles. The van der Waals surface area contributed by atoms with Gasteiger partial charge in [-0.25, -0.2) is 4.79 Å². The van der Waals surface area contributed by atoms with Crippen molar-refractivity contribution in [2.24, 2.45) is 0 Å². The Morgan fingerprint density at radius 3 is 2.78 bits per heavy atom. The zero-order chi connectivity index (χ0) is 13.3. The van der Waals surface area contributed by atoms with Crippen LogP contribution in [0.2, 0.25) is 0 Å². The van der Waals surface area contributed by atoms with E-state index in [0.29, 0.717) is 29.9 Å². The highest BCUT2D eigenvalue weighted by molar-refractivity contribution is 7.81. The molecule has 2 N–H and O–H groups in total. The summed E-state index contributed by atoms with van der Waals surface area (Å²) in [6, 6.07) is 4.77. The van der Waals surface area contributed by atoms with Crippen LogP contribution in [0.1, 0.15) is 16.8 Å². The molecular formula is C12H14N2O3S. The fourth-order valence-corrected chi connectivity index (χ4v) is 2.29. The zero-order valence-corrected chi connectivity index (χ0v) is 10.8. The maximum atomic E-state index is 11.7. The summed E-state index contributed by atoms with van der Waals surface area (Å²) < 4.78 is 4.61. The minimum Gasteiger partial charge on any atom is -0.465 e. The van der Waals surface area contributed by atoms with Gasteiger partial charge in [-0.15, -0.1) is 0 Å². The summed E-state index contributed by atoms with van der Waals surface area (Å²) in [4.78, 5) is 24.7. The van der Waals surface area contributed by atoms with Gasteiger partial charge in [-0.3, -0.25) is 4.79 Å². The summed E-state index contributed by atoms with van der Waals surface area (Å²) in [5.74, 6) is -0.458. The molecule has 1 fully saturated rings. The van der Waals surface area contributed by atoms with Gasteiger partial charge >= 0.3 is 5.97 Å². The van der Waals surface area contributed by atoms with Crippen LogP contribution in [0.15, 0.2) is 18.2 Å². The molecule has 1 aromatic rings. The Balaban J connectivity index is 2.30. The number of hydrogen-bond acceptors (Lipinski definition) is 5. The van der Waals surface area contributed by atoms with E-state index >= 15 is 0 Å². The standard InChI is InChI=1S/C12H14N2O3S/c1-17-12(16)7-2-3-10(9(13)4-7)14-6-8(18)5-11(14)15/h2-4,8,18H,5-6,13H2,1H3. The van der Waals surface area contributed by atoms with E-state index in [-0.39, 0.29) is 11.2 Å². The average Bonchev–Trinajstić information content (AvgIpc) is 2.67. The van der Waals surface area contributed by atoms with Gasteiger partial charge in [0.15, 0.2) is 0 Å². The summed E-state index contributed by atoms with van der Waals surface area (Å²) in [5, 5.41) is 0.0252. The smallest absolute Gasteiger partial charge is 0.337 e. The van der Waals surface area contributed by atoms with E-state index in [4.69, 9.17) is 5.73 Å². The lowest BCUT2D eigenvalue weighted by Crippen LogP contribution is -2.25. The summed E-state index contributed by atoms with van der Waals surface area (Å²) >= 11 is 4.29. The second-order valence-corrected chi connectivity index (χ2v) is 4.86. The first-order chi connectivity index (χ1) is 8.52. The number of nitrogen functional groups attached to an aromatic ring is 1. The summed E-state index contributed by atoms with van der Waals surface area (Å²) in [5.41, 5.74) is 7.24. The lowest BCUT2D eigenvalue weighted by atomic mass is 10.1. The number of ether oxygens (including phenoxy) is 1. The normalized spacial score (nSPS) is 19.1. The third-order valence-corrected chi connectivity index (χ3v) is 3.19. The quantitative estimate of drug-likeness (QED) is 0.477. The zero-order valence-electron chi connectivity index (χ0n) is 9.92. The van der Waals surface area contributed by atoms with Crippen LogP contribution in [0.4, 0.5) is 11.4 Å². The van der Waals surface area contributed by atoms with Crippen LogP contribution in [0.3, 0.4) is 0 Å². The molecule has 1 unspecified atom stereocenters. The molecule has 1 aliphatic rings. The predicted molar refractivity (Wildman–Crippen MR) is 71.9 cm³/mol. The molecule has 6 heteroatoms. The number of esters is 1. The van der Waals surface area contributed by atoms with Crippen molar-refractivity contribution >= 4 is 35.9 Å². The molecule has 1 amide bonds. The summed E-state index contributed by atoms with van der Waals surface area (Å²) in [6.45, 7) is 0.531. The van der Waals surface area contributed by atoms with Crippen molar-refractivity contribution in [3.05, 3.63) is 23.8 Å². The third kappa shape index (κ3) is 2.28. The number of thiol groups is 1. The van der Waals surface area contributed by atoms with Crippen molar-refractivity contribution in [1.82, 2.24) is 0 Å². The number of carbonyl (C=O) groups is 2. The Kier molecular flexibility index (Phi) is 3.47. The highest BCUT2D eigenvalue weighted by atomic mass is 32.1. The van der Waals surface area contributed by atoms with Gasteiger partial charge in [0.2, 0.25) is 5.91 Å². The van der Waals surface area contributed by atoms with Gasteiger partial charge < -0.3 is 15.4 Å². The number of nitrogens with two attached hydrogens (primary N) is 1. The lowest BCUT2D eigenvalue weighted by Gasteiger charge is -2.18. The molecule has 1 aliphatic heterocycles. The van der Waals surface area contributed by atoms with Crippen LogP contribution in [-0.2, 0) is 9.53 Å². The predicted octanol–water partition coefficient (Wildman–Crippen LogP) is 1.09. The van der Waals surface area contributed by atoms with Crippen molar-refractivity contribution in [2.75, 3.05) is 24.3 Å². The molecule has 1 saturated heterocycles. The first kappa shape index (κ1) is 12.8. The van der Waals surface area contributed by atoms with E-state index in [9.17, 15) is 9.59 Å². The van der Waals surface area contributed by atoms with E-state index in [1.165, 1.54) is 13.2 Å². The molecular weight excluding hydrogens is 252 g/mol. The van der Waals surface area contributed by atoms with Crippen LogP contribution in [0.5, 0.6) is 0 Å². The Hall–Kier alpha value is -1.69. The molecule has 1 heterocycles. The van der Waals surface area contributed by atoms with Crippen LogP contribution >= 0.6 is 12.6 Å². The highest BCUT2D eigenvalue weighted by Crippen LogP contribution is 2.29. The first-order valence-electron chi connectivity index (χ1n) is 5.49. The molecule has 0 radical (unpaired) electrons. The summed E-state index contributed by atoms with van der Waals surface area (Å²) in [6.07, 6.45) is 0.404. The largest absolute Gasteiger partial charge is 0.465 e. The summed E-state index contributed by atoms with van der Waals surface area (Å²) in [7, 11) is 1.31. The number of methoxy groups -OCH3 is 1. The third-order valence-electron chi connectivity index (χ3n) is 2.84. The van der Waals surface area contributed by atoms with E-state index < -0.39 is 5.97 Å². The van der Waals surface area contributed by atoms with Crippen LogP contribution in [-0.4, -0.2) is 30.8 Å². The van der Waals surface area contributed by atoms with Gasteiger partial charge in [0.25, 0.3) is 0 Å². The minimum absolute atomic E-state index is 0.00693. The first-order valence-corrected chi connectivity index (χ1v) is 6.01. The molecule has 5 nitrogen and oxygen atoms in total. The van der Waals surface area contributed by atoms with Gasteiger partial charge in [-0.05, 0) is 18.2 Å². The number of amides is 1. The average molecular weight is 266 g/mol. The number of benzene rings is 1. The highest BCUT2D eigenvalue weighted by Gasteiger charge is 2.29. The van der Waals surface area contributed by atoms with Gasteiger partial charge in [0, 0.05) is 18.2 Å². The van der Waals surface area contributed by atoms with Gasteiger partial charge in [0.05, 0.1) is 24.0 Å². The lowest BCUT2D eigenvalue weighted by molar-refractivity contribution is -0.117. The van der Waals surface area contributed by atoms with Crippen molar-refractivity contribution in [2.45, 2.75) is 11.7 Å². The molecule has 1 aromatic carbocycles. The van der Waals surface area contributed by atoms with E-state index in [1.807, 2.05) is 0 Å². The Morgan fingerprint density at radius 2 is 2.28 bits per heavy atom. The van der Waals surface area contributed by atoms with Crippen LogP contribution < -0.4 is 10.6 Å². The van der Waals surface area contributed by atoms with Gasteiger partial charge in [-0.2, -0.15) is 12.6 Å². The molecule has 1 atom stereocenters. The van der Waals surface area contributed by atoms with Crippen molar-refractivity contribution in [1.29, 1.82) is 0 Å². The Morgan fingerprint density at radius 1 is 1.56 bits per heavy atom. The number of anilines is 2. The molecule has 18 heavy (non-hydrogen) atoms. The maximum absolute atomic E-state index is 11.7. The van der Waals surface area contributed by atoms with Crippen LogP contribution in [0, 0.1) is 0 Å². The molecule has 0 aliphatic carbocycles. The maximum Gasteiger partial charge on any atom is 0.337 e. The number of rotatable bonds is 2. The minimum atomic E-state index is -0.451. The number of carbonyl (C=O) groups excluding carboxylic acids is 2. The van der Waals surface area contributed by atoms with Crippen molar-refractivity contribution in [3.63, 3.8) is 0 Å². The Bertz CT molecular complexity index is 504. The molecule has 0 saturated carbocycles. The molecule has 0 spiro atoms. The topological polar surface area (TPSA) is 72.6 Å². The molecule has 96 valence electrons. The Labute approximate surface area is 110 Å². The fourth-order valence-electron chi connectivity index (χ4n) is 1.97. The van der Waals surface area contributed by atoms with E-state index in [0.717, 1.165) is 0 Å². The van der Waals surface area contributed by atoms with E-state index in [1.54, 1.807) is 17.0 Å².